The van der Waals surface area contributed by atoms with Crippen LogP contribution >= 0.6 is 0 Å². The second-order valence-corrected chi connectivity index (χ2v) is 10.7. The minimum Gasteiger partial charge on any atom is -0.364 e. The molecule has 208 valence electrons. The van der Waals surface area contributed by atoms with Gasteiger partial charge in [0.2, 0.25) is 6.41 Å². The lowest BCUT2D eigenvalue weighted by atomic mass is 9.89. The predicted octanol–water partition coefficient (Wildman–Crippen LogP) is 2.82. The van der Waals surface area contributed by atoms with E-state index in [1.165, 1.54) is 12.0 Å². The quantitative estimate of drug-likeness (QED) is 0.465. The number of carbonyl (C=O) groups excluding carboxylic acids is 3. The van der Waals surface area contributed by atoms with Crippen molar-refractivity contribution in [3.05, 3.63) is 41.7 Å². The molecule has 39 heavy (non-hydrogen) atoms. The molecule has 0 saturated carbocycles. The summed E-state index contributed by atoms with van der Waals surface area (Å²) in [6, 6.07) is 8.11. The lowest BCUT2D eigenvalue weighted by Crippen LogP contribution is -2.52. The Bertz CT molecular complexity index is 1160. The van der Waals surface area contributed by atoms with Gasteiger partial charge in [-0.05, 0) is 68.6 Å². The van der Waals surface area contributed by atoms with Crippen LogP contribution in [-0.2, 0) is 4.79 Å². The van der Waals surface area contributed by atoms with Gasteiger partial charge in [0.15, 0.2) is 11.5 Å². The van der Waals surface area contributed by atoms with Crippen LogP contribution in [0.4, 0.5) is 22.1 Å². The average molecular weight is 535 g/mol. The Kier molecular flexibility index (Phi) is 8.43. The lowest BCUT2D eigenvalue weighted by Gasteiger charge is -2.36. The molecule has 1 aromatic carbocycles. The Morgan fingerprint density at radius 2 is 1.69 bits per heavy atom. The van der Waals surface area contributed by atoms with Crippen LogP contribution in [0.2, 0.25) is 0 Å². The number of benzene rings is 1. The van der Waals surface area contributed by atoms with E-state index in [9.17, 15) is 14.4 Å². The number of hydrogen-bond donors (Lipinski definition) is 3. The van der Waals surface area contributed by atoms with Crippen molar-refractivity contribution in [1.29, 1.82) is 0 Å². The van der Waals surface area contributed by atoms with Gasteiger partial charge in [0.05, 0.1) is 6.20 Å². The van der Waals surface area contributed by atoms with E-state index in [2.05, 4.69) is 32.7 Å². The number of piperidine rings is 3. The van der Waals surface area contributed by atoms with Gasteiger partial charge in [0.25, 0.3) is 5.91 Å². The maximum absolute atomic E-state index is 12.7. The largest absolute Gasteiger partial charge is 0.364 e. The highest BCUT2D eigenvalue weighted by atomic mass is 16.2. The highest BCUT2D eigenvalue weighted by Gasteiger charge is 2.26. The van der Waals surface area contributed by atoms with Crippen LogP contribution in [0.1, 0.15) is 66.9 Å². The molecule has 1 atom stereocenters. The molecule has 3 aliphatic rings. The maximum Gasteiger partial charge on any atom is 0.317 e. The topological polar surface area (TPSA) is 137 Å². The van der Waals surface area contributed by atoms with Crippen LogP contribution in [0.15, 0.2) is 30.5 Å². The minimum atomic E-state index is -0.652. The fourth-order valence-corrected chi connectivity index (χ4v) is 5.78. The first-order valence-corrected chi connectivity index (χ1v) is 14.0. The molecule has 0 spiro atoms. The minimum absolute atomic E-state index is 0.0109. The number of carbonyl (C=O) groups is 3. The SMILES string of the molecule is NC(=O)c1ncc(N2CCCC(NC(=O)N3CCCCC3)C2)nc1Nc1ccc(C2CCN(C=O)CC2)cc1. The Labute approximate surface area is 229 Å². The molecule has 0 radical (unpaired) electrons. The monoisotopic (exact) mass is 534 g/mol. The van der Waals surface area contributed by atoms with E-state index in [0.717, 1.165) is 83.3 Å². The second kappa shape index (κ2) is 12.3. The Balaban J connectivity index is 1.25. The van der Waals surface area contributed by atoms with Crippen LogP contribution in [0.5, 0.6) is 0 Å². The number of urea groups is 1. The summed E-state index contributed by atoms with van der Waals surface area (Å²) in [5.74, 6) is 0.715. The lowest BCUT2D eigenvalue weighted by molar-refractivity contribution is -0.119. The van der Waals surface area contributed by atoms with Crippen LogP contribution < -0.4 is 21.3 Å². The summed E-state index contributed by atoms with van der Waals surface area (Å²) < 4.78 is 0. The molecule has 2 aromatic rings. The average Bonchev–Trinajstić information content (AvgIpc) is 2.98. The highest BCUT2D eigenvalue weighted by Crippen LogP contribution is 2.29. The molecule has 1 unspecified atom stereocenters. The molecular formula is C28H38N8O3. The van der Waals surface area contributed by atoms with Gasteiger partial charge < -0.3 is 31.1 Å². The number of anilines is 3. The van der Waals surface area contributed by atoms with Crippen molar-refractivity contribution in [1.82, 2.24) is 25.1 Å². The summed E-state index contributed by atoms with van der Waals surface area (Å²) in [5, 5.41) is 6.43. The Morgan fingerprint density at radius 3 is 2.38 bits per heavy atom. The van der Waals surface area contributed by atoms with Gasteiger partial charge >= 0.3 is 6.03 Å². The van der Waals surface area contributed by atoms with Gasteiger partial charge in [-0.2, -0.15) is 0 Å². The number of nitrogens with one attached hydrogen (secondary N) is 2. The normalized spacial score (nSPS) is 20.4. The van der Waals surface area contributed by atoms with E-state index in [1.54, 1.807) is 6.20 Å². The van der Waals surface area contributed by atoms with Gasteiger partial charge in [0, 0.05) is 51.0 Å². The van der Waals surface area contributed by atoms with Gasteiger partial charge in [-0.1, -0.05) is 12.1 Å². The Morgan fingerprint density at radius 1 is 0.949 bits per heavy atom. The van der Waals surface area contributed by atoms with E-state index in [1.807, 2.05) is 21.9 Å². The van der Waals surface area contributed by atoms with E-state index in [-0.39, 0.29) is 17.8 Å². The summed E-state index contributed by atoms with van der Waals surface area (Å²) >= 11 is 0. The molecule has 3 saturated heterocycles. The summed E-state index contributed by atoms with van der Waals surface area (Å²) in [6.07, 6.45) is 9.52. The van der Waals surface area contributed by atoms with Gasteiger partial charge in [0.1, 0.15) is 5.82 Å². The number of nitrogens with two attached hydrogens (primary N) is 1. The Hall–Kier alpha value is -3.89. The van der Waals surface area contributed by atoms with Crippen LogP contribution in [0, 0.1) is 0 Å². The zero-order valence-electron chi connectivity index (χ0n) is 22.3. The predicted molar refractivity (Wildman–Crippen MR) is 149 cm³/mol. The maximum atomic E-state index is 12.7. The molecule has 3 fully saturated rings. The smallest absolute Gasteiger partial charge is 0.317 e. The molecular weight excluding hydrogens is 496 g/mol. The fourth-order valence-electron chi connectivity index (χ4n) is 5.78. The molecule has 1 aromatic heterocycles. The number of aromatic nitrogens is 2. The number of amides is 4. The molecule has 11 nitrogen and oxygen atoms in total. The number of likely N-dealkylation sites (tertiary alicyclic amines) is 2. The van der Waals surface area contributed by atoms with Crippen molar-refractivity contribution < 1.29 is 14.4 Å². The summed E-state index contributed by atoms with van der Waals surface area (Å²) in [4.78, 5) is 50.7. The van der Waals surface area contributed by atoms with E-state index >= 15 is 0 Å². The standard InChI is InChI=1S/C28H38N8O3/c29-26(38)25-27(31-22-8-6-20(7-9-22)21-10-15-34(19-37)16-11-21)33-24(17-30-25)36-14-4-5-23(18-36)32-28(39)35-12-2-1-3-13-35/h6-9,17,19,21,23H,1-5,10-16,18H2,(H2,29,38)(H,31,33)(H,32,39). The molecule has 11 heteroatoms. The highest BCUT2D eigenvalue weighted by molar-refractivity contribution is 5.96. The first-order valence-electron chi connectivity index (χ1n) is 14.0. The molecule has 4 heterocycles. The molecule has 3 aliphatic heterocycles. The number of rotatable bonds is 7. The van der Waals surface area contributed by atoms with Crippen molar-refractivity contribution >= 4 is 35.7 Å². The fraction of sp³-hybridized carbons (Fsp3) is 0.536. The van der Waals surface area contributed by atoms with E-state index < -0.39 is 5.91 Å². The molecule has 4 amide bonds. The zero-order chi connectivity index (χ0) is 27.2. The van der Waals surface area contributed by atoms with Crippen LogP contribution in [0.25, 0.3) is 0 Å². The number of hydrogen-bond acceptors (Lipinski definition) is 7. The van der Waals surface area contributed by atoms with Gasteiger partial charge in [-0.25, -0.2) is 14.8 Å². The van der Waals surface area contributed by atoms with Crippen molar-refractivity contribution in [2.24, 2.45) is 5.73 Å². The van der Waals surface area contributed by atoms with Crippen molar-refractivity contribution in [3.8, 4) is 0 Å². The third kappa shape index (κ3) is 6.58. The third-order valence-corrected chi connectivity index (χ3v) is 8.03. The molecule has 4 N–H and O–H groups in total. The number of nitrogens with zero attached hydrogens (tertiary/aromatic N) is 5. The van der Waals surface area contributed by atoms with E-state index in [4.69, 9.17) is 10.7 Å². The van der Waals surface area contributed by atoms with Crippen LogP contribution in [0.3, 0.4) is 0 Å². The molecule has 0 bridgehead atoms. The van der Waals surface area contributed by atoms with E-state index in [0.29, 0.717) is 24.1 Å². The van der Waals surface area contributed by atoms with Crippen molar-refractivity contribution in [3.63, 3.8) is 0 Å². The van der Waals surface area contributed by atoms with Gasteiger partial charge in [-0.3, -0.25) is 9.59 Å². The summed E-state index contributed by atoms with van der Waals surface area (Å²) in [6.45, 7) is 4.60. The number of primary amides is 1. The summed E-state index contributed by atoms with van der Waals surface area (Å²) in [7, 11) is 0. The van der Waals surface area contributed by atoms with Crippen LogP contribution in [-0.4, -0.2) is 83.4 Å². The third-order valence-electron chi connectivity index (χ3n) is 8.03. The molecule has 0 aliphatic carbocycles. The first kappa shape index (κ1) is 26.7. The summed E-state index contributed by atoms with van der Waals surface area (Å²) in [5.41, 5.74) is 7.70. The van der Waals surface area contributed by atoms with Crippen molar-refractivity contribution in [2.45, 2.75) is 56.9 Å². The zero-order valence-corrected chi connectivity index (χ0v) is 22.3. The molecule has 5 rings (SSSR count). The van der Waals surface area contributed by atoms with Crippen molar-refractivity contribution in [2.75, 3.05) is 49.5 Å². The first-order chi connectivity index (χ1) is 19.0. The van der Waals surface area contributed by atoms with Gasteiger partial charge in [-0.15, -0.1) is 0 Å². The second-order valence-electron chi connectivity index (χ2n) is 10.7.